The minimum absolute atomic E-state index is 0.0732. The summed E-state index contributed by atoms with van der Waals surface area (Å²) in [5, 5.41) is 3.00. The Labute approximate surface area is 137 Å². The number of anilines is 2. The van der Waals surface area contributed by atoms with Gasteiger partial charge in [-0.1, -0.05) is 17.7 Å². The van der Waals surface area contributed by atoms with Gasteiger partial charge >= 0.3 is 0 Å². The van der Waals surface area contributed by atoms with E-state index in [0.29, 0.717) is 5.56 Å². The monoisotopic (exact) mass is 310 g/mol. The van der Waals surface area contributed by atoms with Crippen molar-refractivity contribution in [3.8, 4) is 0 Å². The summed E-state index contributed by atoms with van der Waals surface area (Å²) in [6.45, 7) is 7.37. The summed E-state index contributed by atoms with van der Waals surface area (Å²) in [4.78, 5) is 14.7. The molecule has 0 saturated carbocycles. The Hall–Kier alpha value is -2.33. The second-order valence-electron chi connectivity index (χ2n) is 5.92. The van der Waals surface area contributed by atoms with Crippen molar-refractivity contribution in [2.75, 3.05) is 36.5 Å². The third-order valence-corrected chi connectivity index (χ3v) is 4.11. The van der Waals surface area contributed by atoms with Gasteiger partial charge in [0, 0.05) is 30.0 Å². The molecule has 4 nitrogen and oxygen atoms in total. The van der Waals surface area contributed by atoms with Crippen LogP contribution in [-0.4, -0.2) is 32.2 Å². The van der Waals surface area contributed by atoms with Gasteiger partial charge in [0.15, 0.2) is 0 Å². The number of nitrogens with one attached hydrogen (secondary N) is 1. The fraction of sp³-hybridized carbons (Fsp3) is 0.316. The molecule has 1 aliphatic rings. The number of nitrogens with zero attached hydrogens (tertiary/aromatic N) is 1. The van der Waals surface area contributed by atoms with Crippen molar-refractivity contribution in [1.82, 2.24) is 0 Å². The third kappa shape index (κ3) is 3.71. The van der Waals surface area contributed by atoms with Crippen LogP contribution in [0.1, 0.15) is 21.5 Å². The molecule has 0 aromatic heterocycles. The summed E-state index contributed by atoms with van der Waals surface area (Å²) in [5.41, 5.74) is 4.86. The summed E-state index contributed by atoms with van der Waals surface area (Å²) in [6.07, 6.45) is 0. The molecule has 1 heterocycles. The Morgan fingerprint density at radius 1 is 1.09 bits per heavy atom. The second kappa shape index (κ2) is 6.84. The third-order valence-electron chi connectivity index (χ3n) is 4.11. The lowest BCUT2D eigenvalue weighted by atomic mass is 10.1. The first-order valence-corrected chi connectivity index (χ1v) is 7.95. The Morgan fingerprint density at radius 2 is 1.87 bits per heavy atom. The van der Waals surface area contributed by atoms with Gasteiger partial charge in [-0.25, -0.2) is 0 Å². The van der Waals surface area contributed by atoms with Gasteiger partial charge in [-0.05, 0) is 49.7 Å². The minimum Gasteiger partial charge on any atom is -0.378 e. The summed E-state index contributed by atoms with van der Waals surface area (Å²) < 4.78 is 5.39. The maximum absolute atomic E-state index is 12.4. The van der Waals surface area contributed by atoms with E-state index >= 15 is 0 Å². The van der Waals surface area contributed by atoms with Gasteiger partial charge in [-0.3, -0.25) is 4.79 Å². The molecule has 2 aromatic carbocycles. The van der Waals surface area contributed by atoms with E-state index in [-0.39, 0.29) is 5.91 Å². The van der Waals surface area contributed by atoms with Crippen LogP contribution < -0.4 is 10.2 Å². The van der Waals surface area contributed by atoms with Gasteiger partial charge in [0.1, 0.15) is 0 Å². The number of morpholine rings is 1. The average Bonchev–Trinajstić information content (AvgIpc) is 2.57. The molecule has 3 rings (SSSR count). The van der Waals surface area contributed by atoms with Gasteiger partial charge in [0.05, 0.1) is 13.2 Å². The van der Waals surface area contributed by atoms with Crippen molar-refractivity contribution in [2.45, 2.75) is 13.8 Å². The lowest BCUT2D eigenvalue weighted by molar-refractivity contribution is 0.102. The number of hydrogen-bond donors (Lipinski definition) is 1. The quantitative estimate of drug-likeness (QED) is 0.945. The molecular weight excluding hydrogens is 288 g/mol. The molecule has 0 radical (unpaired) electrons. The van der Waals surface area contributed by atoms with Gasteiger partial charge in [0.2, 0.25) is 0 Å². The van der Waals surface area contributed by atoms with E-state index in [1.54, 1.807) is 0 Å². The average molecular weight is 310 g/mol. The lowest BCUT2D eigenvalue weighted by Crippen LogP contribution is -2.36. The van der Waals surface area contributed by atoms with Crippen LogP contribution in [0, 0.1) is 13.8 Å². The zero-order chi connectivity index (χ0) is 16.2. The maximum atomic E-state index is 12.4. The zero-order valence-electron chi connectivity index (χ0n) is 13.6. The van der Waals surface area contributed by atoms with E-state index < -0.39 is 0 Å². The number of rotatable bonds is 3. The summed E-state index contributed by atoms with van der Waals surface area (Å²) >= 11 is 0. The van der Waals surface area contributed by atoms with E-state index in [1.165, 1.54) is 5.69 Å². The van der Waals surface area contributed by atoms with Crippen LogP contribution in [0.2, 0.25) is 0 Å². The fourth-order valence-corrected chi connectivity index (χ4v) is 2.79. The second-order valence-corrected chi connectivity index (χ2v) is 5.92. The van der Waals surface area contributed by atoms with Crippen LogP contribution in [-0.2, 0) is 4.74 Å². The number of benzene rings is 2. The van der Waals surface area contributed by atoms with Gasteiger partial charge in [-0.2, -0.15) is 0 Å². The summed E-state index contributed by atoms with van der Waals surface area (Å²) in [5.74, 6) is -0.0732. The normalized spacial score (nSPS) is 14.6. The number of carbonyl (C=O) groups excluding carboxylic acids is 1. The Balaban J connectivity index is 1.74. The highest BCUT2D eigenvalue weighted by atomic mass is 16.5. The van der Waals surface area contributed by atoms with Crippen molar-refractivity contribution in [2.24, 2.45) is 0 Å². The van der Waals surface area contributed by atoms with Crippen LogP contribution in [0.25, 0.3) is 0 Å². The molecule has 0 atom stereocenters. The number of amides is 1. The first-order chi connectivity index (χ1) is 11.1. The molecule has 0 aliphatic carbocycles. The number of carbonyl (C=O) groups is 1. The molecule has 0 unspecified atom stereocenters. The van der Waals surface area contributed by atoms with Crippen molar-refractivity contribution in [3.05, 3.63) is 59.2 Å². The zero-order valence-corrected chi connectivity index (χ0v) is 13.6. The van der Waals surface area contributed by atoms with Crippen molar-refractivity contribution in [1.29, 1.82) is 0 Å². The SMILES string of the molecule is Cc1cccc(C(=O)Nc2ccc(N3CCOCC3)cc2C)c1. The molecule has 1 fully saturated rings. The largest absolute Gasteiger partial charge is 0.378 e. The predicted octanol–water partition coefficient (Wildman–Crippen LogP) is 3.39. The van der Waals surface area contributed by atoms with Gasteiger partial charge in [0.25, 0.3) is 5.91 Å². The molecule has 1 N–H and O–H groups in total. The first-order valence-electron chi connectivity index (χ1n) is 7.95. The van der Waals surface area contributed by atoms with Crippen LogP contribution in [0.5, 0.6) is 0 Å². The van der Waals surface area contributed by atoms with Gasteiger partial charge < -0.3 is 15.0 Å². The molecule has 4 heteroatoms. The topological polar surface area (TPSA) is 41.6 Å². The van der Waals surface area contributed by atoms with Crippen LogP contribution in [0.15, 0.2) is 42.5 Å². The van der Waals surface area contributed by atoms with E-state index in [4.69, 9.17) is 4.74 Å². The predicted molar refractivity (Wildman–Crippen MR) is 93.3 cm³/mol. The first kappa shape index (κ1) is 15.6. The molecule has 23 heavy (non-hydrogen) atoms. The Kier molecular flexibility index (Phi) is 4.63. The molecule has 0 spiro atoms. The highest BCUT2D eigenvalue weighted by Crippen LogP contribution is 2.24. The maximum Gasteiger partial charge on any atom is 0.255 e. The van der Waals surface area contributed by atoms with Crippen LogP contribution >= 0.6 is 0 Å². The number of hydrogen-bond acceptors (Lipinski definition) is 3. The number of aryl methyl sites for hydroxylation is 2. The Bertz CT molecular complexity index is 706. The lowest BCUT2D eigenvalue weighted by Gasteiger charge is -2.29. The number of ether oxygens (including phenoxy) is 1. The highest BCUT2D eigenvalue weighted by molar-refractivity contribution is 6.04. The van der Waals surface area contributed by atoms with Crippen LogP contribution in [0.3, 0.4) is 0 Å². The van der Waals surface area contributed by atoms with E-state index in [1.807, 2.05) is 44.2 Å². The molecular formula is C19H22N2O2. The molecule has 1 saturated heterocycles. The van der Waals surface area contributed by atoms with Crippen molar-refractivity contribution >= 4 is 17.3 Å². The highest BCUT2D eigenvalue weighted by Gasteiger charge is 2.13. The molecule has 0 bridgehead atoms. The van der Waals surface area contributed by atoms with Crippen molar-refractivity contribution in [3.63, 3.8) is 0 Å². The Morgan fingerprint density at radius 3 is 2.57 bits per heavy atom. The molecule has 2 aromatic rings. The van der Waals surface area contributed by atoms with E-state index in [2.05, 4.69) is 22.3 Å². The standard InChI is InChI=1S/C19H22N2O2/c1-14-4-3-5-16(12-14)19(22)20-18-7-6-17(13-15(18)2)21-8-10-23-11-9-21/h3-7,12-13H,8-11H2,1-2H3,(H,20,22). The van der Waals surface area contributed by atoms with E-state index in [0.717, 1.165) is 43.1 Å². The molecule has 1 amide bonds. The summed E-state index contributed by atoms with van der Waals surface area (Å²) in [7, 11) is 0. The van der Waals surface area contributed by atoms with E-state index in [9.17, 15) is 4.79 Å². The van der Waals surface area contributed by atoms with Crippen LogP contribution in [0.4, 0.5) is 11.4 Å². The minimum atomic E-state index is -0.0732. The van der Waals surface area contributed by atoms with Gasteiger partial charge in [-0.15, -0.1) is 0 Å². The van der Waals surface area contributed by atoms with Crippen molar-refractivity contribution < 1.29 is 9.53 Å². The fourth-order valence-electron chi connectivity index (χ4n) is 2.79. The summed E-state index contributed by atoms with van der Waals surface area (Å²) in [6, 6.07) is 13.8. The molecule has 120 valence electrons. The smallest absolute Gasteiger partial charge is 0.255 e. The molecule has 1 aliphatic heterocycles.